The van der Waals surface area contributed by atoms with Crippen LogP contribution in [0.5, 0.6) is 11.5 Å². The molecule has 6 heteroatoms. The highest BCUT2D eigenvalue weighted by atomic mass is 16.5. The molecule has 3 saturated heterocycles. The SMILES string of the molecule is C=C[C@H]1CN2CC[C@H]1C[C@@H]2[C@@H](OC(=O)c1ccc(OC)cc1)c1ccnc2ccc(OC)cc12. The Morgan fingerprint density at radius 1 is 1.12 bits per heavy atom. The molecule has 5 atom stereocenters. The number of piperidine rings is 3. The first-order chi connectivity index (χ1) is 16.6. The first kappa shape index (κ1) is 22.4. The standard InChI is InChI=1S/C28H30N2O4/c1-4-18-17-30-14-12-20(18)15-26(30)27(34-28(31)19-5-7-21(32-2)8-6-19)23-11-13-29-25-10-9-22(33-3)16-24(23)25/h4-11,13,16,18,20,26-27H,1,12,14-15,17H2,2-3H3/t18-,20-,26+,27-/m0/s1. The number of hydrogen-bond donors (Lipinski definition) is 0. The van der Waals surface area contributed by atoms with Crippen molar-refractivity contribution in [3.05, 3.63) is 78.5 Å². The molecule has 4 heterocycles. The number of nitrogens with zero attached hydrogens (tertiary/aromatic N) is 2. The van der Waals surface area contributed by atoms with Crippen LogP contribution in [0, 0.1) is 11.8 Å². The van der Waals surface area contributed by atoms with Gasteiger partial charge in [0.1, 0.15) is 17.6 Å². The Morgan fingerprint density at radius 3 is 2.56 bits per heavy atom. The van der Waals surface area contributed by atoms with Gasteiger partial charge in [-0.15, -0.1) is 6.58 Å². The third kappa shape index (κ3) is 4.14. The highest BCUT2D eigenvalue weighted by molar-refractivity contribution is 5.90. The molecule has 2 bridgehead atoms. The summed E-state index contributed by atoms with van der Waals surface area (Å²) < 4.78 is 17.0. The predicted octanol–water partition coefficient (Wildman–Crippen LogP) is 5.05. The normalized spacial score (nSPS) is 24.4. The predicted molar refractivity (Wildman–Crippen MR) is 131 cm³/mol. The Balaban J connectivity index is 1.54. The molecule has 3 aliphatic rings. The number of carbonyl (C=O) groups is 1. The molecule has 34 heavy (non-hydrogen) atoms. The topological polar surface area (TPSA) is 60.9 Å². The quantitative estimate of drug-likeness (QED) is 0.365. The fraction of sp³-hybridized carbons (Fsp3) is 0.357. The number of hydrogen-bond acceptors (Lipinski definition) is 6. The van der Waals surface area contributed by atoms with Crippen LogP contribution in [-0.4, -0.2) is 49.2 Å². The van der Waals surface area contributed by atoms with E-state index in [1.165, 1.54) is 0 Å². The molecule has 3 aliphatic heterocycles. The van der Waals surface area contributed by atoms with Gasteiger partial charge in [0.05, 0.1) is 31.3 Å². The highest BCUT2D eigenvalue weighted by Gasteiger charge is 2.44. The fourth-order valence-corrected chi connectivity index (χ4v) is 5.47. The lowest BCUT2D eigenvalue weighted by atomic mass is 9.73. The Bertz CT molecular complexity index is 1190. The van der Waals surface area contributed by atoms with Gasteiger partial charge in [0.15, 0.2) is 0 Å². The van der Waals surface area contributed by atoms with E-state index >= 15 is 0 Å². The van der Waals surface area contributed by atoms with Gasteiger partial charge in [-0.3, -0.25) is 9.88 Å². The van der Waals surface area contributed by atoms with Crippen LogP contribution >= 0.6 is 0 Å². The molecule has 0 aliphatic carbocycles. The fourth-order valence-electron chi connectivity index (χ4n) is 5.47. The summed E-state index contributed by atoms with van der Waals surface area (Å²) in [5.74, 6) is 2.14. The van der Waals surface area contributed by atoms with E-state index in [1.54, 1.807) is 44.7 Å². The van der Waals surface area contributed by atoms with Gasteiger partial charge in [-0.25, -0.2) is 4.79 Å². The molecule has 1 unspecified atom stereocenters. The smallest absolute Gasteiger partial charge is 0.338 e. The number of benzene rings is 2. The first-order valence-electron chi connectivity index (χ1n) is 11.8. The van der Waals surface area contributed by atoms with Crippen molar-refractivity contribution >= 4 is 16.9 Å². The Kier molecular flexibility index (Phi) is 6.24. The average Bonchev–Trinajstić information content (AvgIpc) is 2.91. The van der Waals surface area contributed by atoms with Crippen molar-refractivity contribution in [2.75, 3.05) is 27.3 Å². The minimum absolute atomic E-state index is 0.0916. The zero-order valence-electron chi connectivity index (χ0n) is 19.6. The second kappa shape index (κ2) is 9.47. The largest absolute Gasteiger partial charge is 0.497 e. The van der Waals surface area contributed by atoms with Crippen LogP contribution in [0.2, 0.25) is 0 Å². The van der Waals surface area contributed by atoms with Crippen molar-refractivity contribution < 1.29 is 19.0 Å². The van der Waals surface area contributed by atoms with E-state index in [2.05, 4.69) is 22.5 Å². The number of methoxy groups -OCH3 is 2. The van der Waals surface area contributed by atoms with Gasteiger partial charge < -0.3 is 14.2 Å². The van der Waals surface area contributed by atoms with E-state index in [1.807, 2.05) is 24.3 Å². The van der Waals surface area contributed by atoms with E-state index in [4.69, 9.17) is 14.2 Å². The van der Waals surface area contributed by atoms with E-state index in [-0.39, 0.29) is 12.0 Å². The summed E-state index contributed by atoms with van der Waals surface area (Å²) in [4.78, 5) is 20.3. The molecule has 3 fully saturated rings. The molecule has 0 saturated carbocycles. The van der Waals surface area contributed by atoms with Gasteiger partial charge in [0, 0.05) is 23.7 Å². The molecule has 6 rings (SSSR count). The van der Waals surface area contributed by atoms with Crippen molar-refractivity contribution in [2.24, 2.45) is 11.8 Å². The van der Waals surface area contributed by atoms with Crippen molar-refractivity contribution in [3.63, 3.8) is 0 Å². The monoisotopic (exact) mass is 458 g/mol. The Hall–Kier alpha value is -3.38. The van der Waals surface area contributed by atoms with Crippen molar-refractivity contribution in [1.29, 1.82) is 0 Å². The van der Waals surface area contributed by atoms with Crippen LogP contribution < -0.4 is 9.47 Å². The number of rotatable bonds is 7. The summed E-state index contributed by atoms with van der Waals surface area (Å²) in [5.41, 5.74) is 2.31. The third-order valence-electron chi connectivity index (χ3n) is 7.35. The Labute approximate surface area is 200 Å². The summed E-state index contributed by atoms with van der Waals surface area (Å²) in [6, 6.07) is 14.9. The number of carbonyl (C=O) groups excluding carboxylic acids is 1. The number of ether oxygens (including phenoxy) is 3. The first-order valence-corrected chi connectivity index (χ1v) is 11.8. The minimum atomic E-state index is -0.430. The third-order valence-corrected chi connectivity index (χ3v) is 7.35. The molecule has 0 spiro atoms. The number of pyridine rings is 1. The molecule has 0 radical (unpaired) electrons. The van der Waals surface area contributed by atoms with Gasteiger partial charge >= 0.3 is 5.97 Å². The molecule has 1 aromatic heterocycles. The average molecular weight is 459 g/mol. The van der Waals surface area contributed by atoms with E-state index in [0.29, 0.717) is 23.1 Å². The zero-order valence-corrected chi connectivity index (χ0v) is 19.6. The van der Waals surface area contributed by atoms with Crippen LogP contribution in [-0.2, 0) is 4.74 Å². The number of esters is 1. The lowest BCUT2D eigenvalue weighted by Gasteiger charge is -2.51. The van der Waals surface area contributed by atoms with Crippen LogP contribution in [0.15, 0.2) is 67.4 Å². The van der Waals surface area contributed by atoms with E-state index in [9.17, 15) is 4.79 Å². The maximum atomic E-state index is 13.3. The van der Waals surface area contributed by atoms with E-state index in [0.717, 1.165) is 48.1 Å². The van der Waals surface area contributed by atoms with Crippen LogP contribution in [0.25, 0.3) is 10.9 Å². The molecule has 2 aromatic carbocycles. The molecule has 6 nitrogen and oxygen atoms in total. The van der Waals surface area contributed by atoms with Crippen LogP contribution in [0.3, 0.4) is 0 Å². The van der Waals surface area contributed by atoms with Crippen molar-refractivity contribution in [3.8, 4) is 11.5 Å². The van der Waals surface area contributed by atoms with E-state index < -0.39 is 6.10 Å². The summed E-state index contributed by atoms with van der Waals surface area (Å²) in [6.07, 6.45) is 5.56. The summed E-state index contributed by atoms with van der Waals surface area (Å²) in [7, 11) is 3.26. The maximum absolute atomic E-state index is 13.3. The molecular weight excluding hydrogens is 428 g/mol. The van der Waals surface area contributed by atoms with Gasteiger partial charge in [-0.1, -0.05) is 6.08 Å². The maximum Gasteiger partial charge on any atom is 0.338 e. The summed E-state index contributed by atoms with van der Waals surface area (Å²) >= 11 is 0. The van der Waals surface area contributed by atoms with Crippen molar-refractivity contribution in [1.82, 2.24) is 9.88 Å². The molecule has 176 valence electrons. The minimum Gasteiger partial charge on any atom is -0.497 e. The molecular formula is C28H30N2O4. The number of fused-ring (bicyclic) bond motifs is 4. The molecule has 3 aromatic rings. The van der Waals surface area contributed by atoms with Gasteiger partial charge in [0.25, 0.3) is 0 Å². The lowest BCUT2D eigenvalue weighted by molar-refractivity contribution is -0.0568. The molecule has 0 N–H and O–H groups in total. The summed E-state index contributed by atoms with van der Waals surface area (Å²) in [6.45, 7) is 6.00. The van der Waals surface area contributed by atoms with Crippen molar-refractivity contribution in [2.45, 2.75) is 25.0 Å². The van der Waals surface area contributed by atoms with Gasteiger partial charge in [-0.2, -0.15) is 0 Å². The van der Waals surface area contributed by atoms with Crippen LogP contribution in [0.1, 0.15) is 34.9 Å². The summed E-state index contributed by atoms with van der Waals surface area (Å²) in [5, 5.41) is 0.942. The second-order valence-corrected chi connectivity index (χ2v) is 9.08. The second-order valence-electron chi connectivity index (χ2n) is 9.08. The van der Waals surface area contributed by atoms with Gasteiger partial charge in [0.2, 0.25) is 0 Å². The lowest BCUT2D eigenvalue weighted by Crippen LogP contribution is -2.55. The zero-order chi connectivity index (χ0) is 23.7. The molecule has 0 amide bonds. The van der Waals surface area contributed by atoms with Crippen LogP contribution in [0.4, 0.5) is 0 Å². The number of aromatic nitrogens is 1. The highest BCUT2D eigenvalue weighted by Crippen LogP contribution is 2.44. The Morgan fingerprint density at radius 2 is 1.88 bits per heavy atom. The van der Waals surface area contributed by atoms with Gasteiger partial charge in [-0.05, 0) is 79.8 Å².